The first-order valence-corrected chi connectivity index (χ1v) is 10.5. The first-order chi connectivity index (χ1) is 9.17. The highest BCUT2D eigenvalue weighted by Gasteiger charge is 2.35. The van der Waals surface area contributed by atoms with Crippen molar-refractivity contribution in [3.63, 3.8) is 0 Å². The number of hydrogen-bond acceptors (Lipinski definition) is 2. The first-order valence-electron chi connectivity index (χ1n) is 7.96. The molecule has 0 amide bonds. The van der Waals surface area contributed by atoms with Gasteiger partial charge in [-0.2, -0.15) is 0 Å². The highest BCUT2D eigenvalue weighted by molar-refractivity contribution is 7.87. The van der Waals surface area contributed by atoms with Gasteiger partial charge in [0, 0.05) is 42.6 Å². The zero-order valence-corrected chi connectivity index (χ0v) is 13.9. The molecule has 6 unspecified atom stereocenters. The van der Waals surface area contributed by atoms with E-state index in [1.54, 1.807) is 0 Å². The third kappa shape index (κ3) is 3.69. The maximum atomic E-state index is 12.5. The molecule has 2 heterocycles. The summed E-state index contributed by atoms with van der Waals surface area (Å²) in [5, 5.41) is 1.45. The predicted octanol–water partition coefficient (Wildman–Crippen LogP) is 3.54. The van der Waals surface area contributed by atoms with E-state index in [-0.39, 0.29) is 0 Å². The fourth-order valence-corrected chi connectivity index (χ4v) is 7.92. The average molecular weight is 305 g/mol. The molecule has 0 bridgehead atoms. The zero-order valence-electron chi connectivity index (χ0n) is 12.3. The van der Waals surface area contributed by atoms with Gasteiger partial charge in [-0.05, 0) is 44.9 Å². The van der Waals surface area contributed by atoms with Crippen molar-refractivity contribution in [1.82, 2.24) is 0 Å². The van der Waals surface area contributed by atoms with Gasteiger partial charge >= 0.3 is 0 Å². The second kappa shape index (κ2) is 7.35. The Morgan fingerprint density at radius 3 is 1.47 bits per heavy atom. The summed E-state index contributed by atoms with van der Waals surface area (Å²) >= 11 is 0. The van der Waals surface area contributed by atoms with E-state index < -0.39 is 21.6 Å². The Hall–Kier alpha value is 0.300. The van der Waals surface area contributed by atoms with Crippen LogP contribution in [-0.2, 0) is 21.6 Å². The molecule has 0 aromatic carbocycles. The van der Waals surface area contributed by atoms with Crippen molar-refractivity contribution in [3.05, 3.63) is 0 Å². The molecule has 2 nitrogen and oxygen atoms in total. The summed E-state index contributed by atoms with van der Waals surface area (Å²) in [6.45, 7) is 4.30. The summed E-state index contributed by atoms with van der Waals surface area (Å²) in [6.07, 6.45) is 9.89. The van der Waals surface area contributed by atoms with Crippen molar-refractivity contribution >= 4 is 21.6 Å². The van der Waals surface area contributed by atoms with Crippen molar-refractivity contribution in [2.75, 3.05) is 0 Å². The first kappa shape index (κ1) is 15.7. The second-order valence-corrected chi connectivity index (χ2v) is 10.0. The molecular formula is C15H28O2S2. The molecule has 0 saturated carbocycles. The van der Waals surface area contributed by atoms with Gasteiger partial charge in [-0.25, -0.2) is 0 Å². The fourth-order valence-electron chi connectivity index (χ4n) is 3.61. The minimum atomic E-state index is -0.680. The molecule has 112 valence electrons. The average Bonchev–Trinajstić information content (AvgIpc) is 2.43. The maximum absolute atomic E-state index is 12.5. The number of hydrogen-bond donors (Lipinski definition) is 0. The highest BCUT2D eigenvalue weighted by atomic mass is 32.2. The van der Waals surface area contributed by atoms with E-state index in [4.69, 9.17) is 0 Å². The highest BCUT2D eigenvalue weighted by Crippen LogP contribution is 2.33. The minimum Gasteiger partial charge on any atom is -0.259 e. The Morgan fingerprint density at radius 2 is 1.11 bits per heavy atom. The lowest BCUT2D eigenvalue weighted by atomic mass is 10.0. The third-order valence-corrected chi connectivity index (χ3v) is 9.48. The predicted molar refractivity (Wildman–Crippen MR) is 84.3 cm³/mol. The van der Waals surface area contributed by atoms with Crippen LogP contribution < -0.4 is 0 Å². The molecular weight excluding hydrogens is 276 g/mol. The van der Waals surface area contributed by atoms with Crippen LogP contribution in [-0.4, -0.2) is 29.4 Å². The molecule has 0 aromatic rings. The van der Waals surface area contributed by atoms with Crippen LogP contribution in [0, 0.1) is 0 Å². The third-order valence-electron chi connectivity index (χ3n) is 4.85. The molecule has 0 aromatic heterocycles. The zero-order chi connectivity index (χ0) is 13.8. The van der Waals surface area contributed by atoms with Gasteiger partial charge in [-0.3, -0.25) is 8.42 Å². The Bertz CT molecular complexity index is 311. The van der Waals surface area contributed by atoms with Gasteiger partial charge in [0.1, 0.15) is 0 Å². The normalized spacial score (nSPS) is 44.1. The van der Waals surface area contributed by atoms with Gasteiger partial charge in [-0.1, -0.05) is 26.7 Å². The Labute approximate surface area is 123 Å². The largest absolute Gasteiger partial charge is 0.259 e. The van der Waals surface area contributed by atoms with Crippen LogP contribution in [0.4, 0.5) is 0 Å². The van der Waals surface area contributed by atoms with Crippen LogP contribution in [0.2, 0.25) is 0 Å². The quantitative estimate of drug-likeness (QED) is 0.796. The lowest BCUT2D eigenvalue weighted by Gasteiger charge is -2.33. The lowest BCUT2D eigenvalue weighted by molar-refractivity contribution is 0.495. The van der Waals surface area contributed by atoms with Crippen LogP contribution in [0.5, 0.6) is 0 Å². The molecule has 19 heavy (non-hydrogen) atoms. The Balaban J connectivity index is 1.96. The van der Waals surface area contributed by atoms with Crippen LogP contribution in [0.1, 0.15) is 71.6 Å². The monoisotopic (exact) mass is 304 g/mol. The molecule has 2 saturated heterocycles. The van der Waals surface area contributed by atoms with Gasteiger partial charge in [0.05, 0.1) is 0 Å². The van der Waals surface area contributed by atoms with Gasteiger partial charge < -0.3 is 0 Å². The van der Waals surface area contributed by atoms with Crippen molar-refractivity contribution in [3.8, 4) is 0 Å². The van der Waals surface area contributed by atoms with Gasteiger partial charge in [-0.15, -0.1) is 0 Å². The lowest BCUT2D eigenvalue weighted by Crippen LogP contribution is -2.38. The molecule has 0 spiro atoms. The smallest absolute Gasteiger partial charge is 0.0362 e. The standard InChI is InChI=1S/C15H28O2S2/c1-3-12-7-5-9-14(18(12)16)11-15-10-6-8-13(4-2)19(15)17/h12-15H,3-11H2,1-2H3. The van der Waals surface area contributed by atoms with E-state index in [2.05, 4.69) is 13.8 Å². The van der Waals surface area contributed by atoms with Crippen molar-refractivity contribution < 1.29 is 8.42 Å². The van der Waals surface area contributed by atoms with E-state index >= 15 is 0 Å². The van der Waals surface area contributed by atoms with E-state index in [9.17, 15) is 8.42 Å². The number of rotatable bonds is 4. The summed E-state index contributed by atoms with van der Waals surface area (Å²) in [5.41, 5.74) is 0. The maximum Gasteiger partial charge on any atom is 0.0362 e. The van der Waals surface area contributed by atoms with E-state index in [1.165, 1.54) is 12.8 Å². The molecule has 2 rings (SSSR count). The molecule has 2 fully saturated rings. The summed E-state index contributed by atoms with van der Waals surface area (Å²) in [6, 6.07) is 0. The molecule has 2 aliphatic heterocycles. The summed E-state index contributed by atoms with van der Waals surface area (Å²) in [7, 11) is -1.36. The fraction of sp³-hybridized carbons (Fsp3) is 1.00. The summed E-state index contributed by atoms with van der Waals surface area (Å²) in [5.74, 6) is 0. The Kier molecular flexibility index (Phi) is 6.07. The van der Waals surface area contributed by atoms with Crippen molar-refractivity contribution in [2.24, 2.45) is 0 Å². The van der Waals surface area contributed by atoms with Gasteiger partial charge in [0.2, 0.25) is 0 Å². The van der Waals surface area contributed by atoms with Crippen LogP contribution in [0.15, 0.2) is 0 Å². The van der Waals surface area contributed by atoms with Crippen molar-refractivity contribution in [2.45, 2.75) is 92.6 Å². The summed E-state index contributed by atoms with van der Waals surface area (Å²) in [4.78, 5) is 0. The summed E-state index contributed by atoms with van der Waals surface area (Å²) < 4.78 is 25.0. The Morgan fingerprint density at radius 1 is 0.737 bits per heavy atom. The van der Waals surface area contributed by atoms with E-state index in [0.29, 0.717) is 21.0 Å². The minimum absolute atomic E-state index is 0.322. The van der Waals surface area contributed by atoms with E-state index in [1.807, 2.05) is 0 Å². The van der Waals surface area contributed by atoms with Crippen LogP contribution in [0.3, 0.4) is 0 Å². The van der Waals surface area contributed by atoms with Gasteiger partial charge in [0.25, 0.3) is 0 Å². The van der Waals surface area contributed by atoms with Crippen molar-refractivity contribution in [1.29, 1.82) is 0 Å². The van der Waals surface area contributed by atoms with Crippen LogP contribution in [0.25, 0.3) is 0 Å². The molecule has 0 aliphatic carbocycles. The molecule has 4 heteroatoms. The second-order valence-electron chi connectivity index (χ2n) is 6.06. The molecule has 2 aliphatic rings. The van der Waals surface area contributed by atoms with Crippen LogP contribution >= 0.6 is 0 Å². The topological polar surface area (TPSA) is 34.1 Å². The molecule has 0 N–H and O–H groups in total. The SMILES string of the molecule is CCC1CCCC(CC2CCCC(CC)S2=O)S1=O. The van der Waals surface area contributed by atoms with E-state index in [0.717, 1.165) is 44.9 Å². The van der Waals surface area contributed by atoms with Gasteiger partial charge in [0.15, 0.2) is 0 Å². The molecule has 0 radical (unpaired) electrons. The molecule has 6 atom stereocenters.